The minimum absolute atomic E-state index is 0.00280. The molecule has 0 atom stereocenters. The minimum Gasteiger partial charge on any atom is -0.491 e. The van der Waals surface area contributed by atoms with Crippen LogP contribution in [0.2, 0.25) is 5.02 Å². The summed E-state index contributed by atoms with van der Waals surface area (Å²) in [6.45, 7) is 5.14. The van der Waals surface area contributed by atoms with Gasteiger partial charge >= 0.3 is 0 Å². The zero-order valence-corrected chi connectivity index (χ0v) is 21.6. The first kappa shape index (κ1) is 25.7. The molecule has 36 heavy (non-hydrogen) atoms. The molecule has 0 radical (unpaired) electrons. The molecule has 188 valence electrons. The zero-order chi connectivity index (χ0) is 25.8. The Hall–Kier alpha value is -3.43. The normalized spacial score (nSPS) is 14.1. The van der Waals surface area contributed by atoms with Crippen molar-refractivity contribution in [1.82, 2.24) is 9.88 Å². The van der Waals surface area contributed by atoms with E-state index in [9.17, 15) is 14.4 Å². The fourth-order valence-corrected chi connectivity index (χ4v) is 5.20. The van der Waals surface area contributed by atoms with Gasteiger partial charge in [-0.2, -0.15) is 0 Å². The van der Waals surface area contributed by atoms with Gasteiger partial charge < -0.3 is 20.7 Å². The van der Waals surface area contributed by atoms with Gasteiger partial charge in [0.25, 0.3) is 17.7 Å². The summed E-state index contributed by atoms with van der Waals surface area (Å²) in [5.41, 5.74) is 6.71. The summed E-state index contributed by atoms with van der Waals surface area (Å²) in [6.07, 6.45) is 1.60. The van der Waals surface area contributed by atoms with Gasteiger partial charge in [-0.3, -0.25) is 14.4 Å². The molecule has 0 bridgehead atoms. The highest BCUT2D eigenvalue weighted by molar-refractivity contribution is 7.10. The Morgan fingerprint density at radius 3 is 2.47 bits per heavy atom. The van der Waals surface area contributed by atoms with Crippen LogP contribution in [-0.2, 0) is 0 Å². The lowest BCUT2D eigenvalue weighted by Gasteiger charge is -2.31. The predicted octanol–water partition coefficient (Wildman–Crippen LogP) is 4.95. The number of benzene rings is 2. The first-order chi connectivity index (χ1) is 17.2. The van der Waals surface area contributed by atoms with Crippen molar-refractivity contribution in [3.8, 4) is 5.75 Å². The van der Waals surface area contributed by atoms with Crippen molar-refractivity contribution in [2.45, 2.75) is 38.7 Å². The van der Waals surface area contributed by atoms with E-state index < -0.39 is 11.8 Å². The average Bonchev–Trinajstić information content (AvgIpc) is 3.35. The number of halogens is 1. The molecule has 1 aromatic heterocycles. The van der Waals surface area contributed by atoms with E-state index in [-0.39, 0.29) is 34.9 Å². The van der Waals surface area contributed by atoms with Crippen molar-refractivity contribution in [2.75, 3.05) is 18.4 Å². The van der Waals surface area contributed by atoms with E-state index in [1.807, 2.05) is 30.9 Å². The Labute approximate surface area is 218 Å². The number of rotatable bonds is 7. The molecule has 4 rings (SSSR count). The molecule has 0 spiro atoms. The monoisotopic (exact) mass is 526 g/mol. The summed E-state index contributed by atoms with van der Waals surface area (Å²) in [7, 11) is 0. The van der Waals surface area contributed by atoms with E-state index in [2.05, 4.69) is 10.3 Å². The van der Waals surface area contributed by atoms with Gasteiger partial charge in [-0.1, -0.05) is 11.6 Å². The Balaban J connectivity index is 1.35. The molecule has 3 N–H and O–H groups in total. The van der Waals surface area contributed by atoms with Gasteiger partial charge in [0, 0.05) is 35.0 Å². The molecular weight excluding hydrogens is 500 g/mol. The third-order valence-corrected chi connectivity index (χ3v) is 7.10. The number of thiazole rings is 1. The molecule has 1 fully saturated rings. The van der Waals surface area contributed by atoms with Gasteiger partial charge in [0.1, 0.15) is 11.4 Å². The van der Waals surface area contributed by atoms with E-state index in [0.717, 1.165) is 23.6 Å². The standard InChI is InChI=1S/C26H27ClN4O4S/c1-15(2)35-19-6-3-17(4-7-19)26(34)31-11-9-16(10-12-31)25-30-22(14-36-25)24(33)29-21-8-5-18(27)13-20(21)23(28)32/h3-8,13-16H,9-12H2,1-2H3,(H2,28,32)(H,29,33). The second-order valence-electron chi connectivity index (χ2n) is 8.84. The number of hydrogen-bond donors (Lipinski definition) is 2. The summed E-state index contributed by atoms with van der Waals surface area (Å²) in [5, 5.41) is 5.59. The number of carbonyl (C=O) groups excluding carboxylic acids is 3. The molecule has 1 aliphatic heterocycles. The smallest absolute Gasteiger partial charge is 0.275 e. The van der Waals surface area contributed by atoms with Crippen LogP contribution in [0.15, 0.2) is 47.8 Å². The molecule has 1 aliphatic rings. The maximum absolute atomic E-state index is 12.9. The number of carbonyl (C=O) groups is 3. The topological polar surface area (TPSA) is 115 Å². The third-order valence-electron chi connectivity index (χ3n) is 5.85. The van der Waals surface area contributed by atoms with Gasteiger partial charge in [-0.25, -0.2) is 4.98 Å². The van der Waals surface area contributed by atoms with Gasteiger partial charge in [0.15, 0.2) is 0 Å². The number of amides is 3. The van der Waals surface area contributed by atoms with Crippen LogP contribution in [-0.4, -0.2) is 46.8 Å². The number of likely N-dealkylation sites (tertiary alicyclic amines) is 1. The van der Waals surface area contributed by atoms with Crippen molar-refractivity contribution in [1.29, 1.82) is 0 Å². The molecule has 0 aliphatic carbocycles. The Bertz CT molecular complexity index is 1270. The van der Waals surface area contributed by atoms with Crippen LogP contribution in [0, 0.1) is 0 Å². The largest absolute Gasteiger partial charge is 0.491 e. The highest BCUT2D eigenvalue weighted by Gasteiger charge is 2.27. The van der Waals surface area contributed by atoms with Gasteiger partial charge in [0.2, 0.25) is 0 Å². The van der Waals surface area contributed by atoms with Gasteiger partial charge in [-0.15, -0.1) is 11.3 Å². The van der Waals surface area contributed by atoms with Crippen molar-refractivity contribution in [3.05, 3.63) is 74.7 Å². The number of ether oxygens (including phenoxy) is 1. The summed E-state index contributed by atoms with van der Waals surface area (Å²) < 4.78 is 5.65. The highest BCUT2D eigenvalue weighted by atomic mass is 35.5. The number of anilines is 1. The molecule has 2 heterocycles. The van der Waals surface area contributed by atoms with Crippen LogP contribution in [0.5, 0.6) is 5.75 Å². The summed E-state index contributed by atoms with van der Waals surface area (Å²) in [5.74, 6) is -0.213. The van der Waals surface area contributed by atoms with E-state index in [1.54, 1.807) is 23.6 Å². The number of primary amides is 1. The minimum atomic E-state index is -0.687. The average molecular weight is 527 g/mol. The van der Waals surface area contributed by atoms with Crippen LogP contribution in [0.3, 0.4) is 0 Å². The van der Waals surface area contributed by atoms with E-state index in [0.29, 0.717) is 23.7 Å². The Morgan fingerprint density at radius 2 is 1.83 bits per heavy atom. The zero-order valence-electron chi connectivity index (χ0n) is 20.0. The predicted molar refractivity (Wildman–Crippen MR) is 140 cm³/mol. The summed E-state index contributed by atoms with van der Waals surface area (Å²) in [6, 6.07) is 11.7. The number of aromatic nitrogens is 1. The van der Waals surface area contributed by atoms with Crippen LogP contribution >= 0.6 is 22.9 Å². The van der Waals surface area contributed by atoms with Crippen molar-refractivity contribution in [2.24, 2.45) is 5.73 Å². The Morgan fingerprint density at radius 1 is 1.14 bits per heavy atom. The SMILES string of the molecule is CC(C)Oc1ccc(C(=O)N2CCC(c3nc(C(=O)Nc4ccc(Cl)cc4C(N)=O)cs3)CC2)cc1. The highest BCUT2D eigenvalue weighted by Crippen LogP contribution is 2.31. The van der Waals surface area contributed by atoms with Crippen LogP contribution in [0.25, 0.3) is 0 Å². The lowest BCUT2D eigenvalue weighted by atomic mass is 9.97. The maximum Gasteiger partial charge on any atom is 0.275 e. The lowest BCUT2D eigenvalue weighted by molar-refractivity contribution is 0.0712. The molecule has 8 nitrogen and oxygen atoms in total. The summed E-state index contributed by atoms with van der Waals surface area (Å²) in [4.78, 5) is 43.7. The first-order valence-corrected chi connectivity index (χ1v) is 12.9. The molecule has 0 saturated carbocycles. The van der Waals surface area contributed by atoms with Crippen molar-refractivity contribution in [3.63, 3.8) is 0 Å². The number of piperidine rings is 1. The summed E-state index contributed by atoms with van der Waals surface area (Å²) >= 11 is 7.35. The number of nitrogens with one attached hydrogen (secondary N) is 1. The fraction of sp³-hybridized carbons (Fsp3) is 0.308. The van der Waals surface area contributed by atoms with Crippen molar-refractivity contribution >= 4 is 46.3 Å². The van der Waals surface area contributed by atoms with E-state index in [1.165, 1.54) is 23.5 Å². The van der Waals surface area contributed by atoms with Crippen LogP contribution in [0.4, 0.5) is 5.69 Å². The molecule has 2 aromatic carbocycles. The van der Waals surface area contributed by atoms with Gasteiger partial charge in [0.05, 0.1) is 22.4 Å². The molecule has 10 heteroatoms. The van der Waals surface area contributed by atoms with E-state index in [4.69, 9.17) is 22.1 Å². The molecule has 3 amide bonds. The fourth-order valence-electron chi connectivity index (χ4n) is 4.06. The Kier molecular flexibility index (Phi) is 7.91. The molecule has 3 aromatic rings. The number of nitrogens with zero attached hydrogens (tertiary/aromatic N) is 2. The molecule has 0 unspecified atom stereocenters. The quantitative estimate of drug-likeness (QED) is 0.452. The lowest BCUT2D eigenvalue weighted by Crippen LogP contribution is -2.37. The van der Waals surface area contributed by atoms with Gasteiger partial charge in [-0.05, 0) is 69.2 Å². The maximum atomic E-state index is 12.9. The number of hydrogen-bond acceptors (Lipinski definition) is 6. The van der Waals surface area contributed by atoms with Crippen LogP contribution in [0.1, 0.15) is 68.8 Å². The second kappa shape index (κ2) is 11.1. The second-order valence-corrected chi connectivity index (χ2v) is 10.2. The third kappa shape index (κ3) is 6.03. The molecular formula is C26H27ClN4O4S. The van der Waals surface area contributed by atoms with Crippen molar-refractivity contribution < 1.29 is 19.1 Å². The van der Waals surface area contributed by atoms with E-state index >= 15 is 0 Å². The molecule has 1 saturated heterocycles. The van der Waals surface area contributed by atoms with Crippen LogP contribution < -0.4 is 15.8 Å². The first-order valence-electron chi connectivity index (χ1n) is 11.6. The number of nitrogens with two attached hydrogens (primary N) is 1.